The van der Waals surface area contributed by atoms with Crippen LogP contribution in [0, 0.1) is 6.92 Å². The van der Waals surface area contributed by atoms with Crippen molar-refractivity contribution < 1.29 is 14.3 Å². The number of carbonyl (C=O) groups is 2. The lowest BCUT2D eigenvalue weighted by atomic mass is 9.98. The number of esters is 1. The summed E-state index contributed by atoms with van der Waals surface area (Å²) in [4.78, 5) is 24.5. The topological polar surface area (TPSA) is 55.4 Å². The van der Waals surface area contributed by atoms with Gasteiger partial charge in [-0.2, -0.15) is 0 Å². The van der Waals surface area contributed by atoms with Crippen molar-refractivity contribution in [3.05, 3.63) is 65.2 Å². The van der Waals surface area contributed by atoms with Gasteiger partial charge in [0, 0.05) is 5.69 Å². The van der Waals surface area contributed by atoms with Crippen molar-refractivity contribution in [1.29, 1.82) is 0 Å². The Morgan fingerprint density at radius 2 is 1.62 bits per heavy atom. The molecule has 4 nitrogen and oxygen atoms in total. The quantitative estimate of drug-likeness (QED) is 0.834. The van der Waals surface area contributed by atoms with E-state index in [2.05, 4.69) is 19.2 Å². The first-order valence-corrected chi connectivity index (χ1v) is 8.06. The summed E-state index contributed by atoms with van der Waals surface area (Å²) in [7, 11) is 0. The maximum Gasteiger partial charge on any atom is 0.338 e. The molecule has 0 heterocycles. The predicted octanol–water partition coefficient (Wildman–Crippen LogP) is 4.30. The van der Waals surface area contributed by atoms with E-state index in [0.29, 0.717) is 5.56 Å². The molecule has 1 atom stereocenters. The summed E-state index contributed by atoms with van der Waals surface area (Å²) in [5, 5.41) is 2.90. The van der Waals surface area contributed by atoms with E-state index in [1.165, 1.54) is 0 Å². The van der Waals surface area contributed by atoms with Crippen molar-refractivity contribution in [2.75, 3.05) is 5.32 Å². The molecule has 0 bridgehead atoms. The van der Waals surface area contributed by atoms with E-state index in [0.717, 1.165) is 16.8 Å². The summed E-state index contributed by atoms with van der Waals surface area (Å²) in [5.74, 6) is -0.565. The maximum atomic E-state index is 12.4. The SMILES string of the molecule is Cc1cccc(C(C)C)c1NC(=O)[C@@H](C)OC(=O)c1ccccc1. The maximum absolute atomic E-state index is 12.4. The summed E-state index contributed by atoms with van der Waals surface area (Å²) in [5.41, 5.74) is 3.26. The van der Waals surface area contributed by atoms with Gasteiger partial charge in [-0.25, -0.2) is 4.79 Å². The van der Waals surface area contributed by atoms with Gasteiger partial charge >= 0.3 is 5.97 Å². The molecule has 0 spiro atoms. The third-order valence-electron chi connectivity index (χ3n) is 3.84. The van der Waals surface area contributed by atoms with E-state index in [4.69, 9.17) is 4.74 Å². The fourth-order valence-corrected chi connectivity index (χ4v) is 2.42. The zero-order chi connectivity index (χ0) is 17.7. The molecule has 2 aromatic carbocycles. The molecular formula is C20H23NO3. The Bertz CT molecular complexity index is 723. The predicted molar refractivity (Wildman–Crippen MR) is 95.2 cm³/mol. The highest BCUT2D eigenvalue weighted by Gasteiger charge is 2.21. The lowest BCUT2D eigenvalue weighted by Crippen LogP contribution is -2.30. The van der Waals surface area contributed by atoms with Crippen LogP contribution >= 0.6 is 0 Å². The van der Waals surface area contributed by atoms with Gasteiger partial charge in [0.15, 0.2) is 6.10 Å². The van der Waals surface area contributed by atoms with Crippen molar-refractivity contribution in [2.24, 2.45) is 0 Å². The zero-order valence-electron chi connectivity index (χ0n) is 14.5. The van der Waals surface area contributed by atoms with Gasteiger partial charge in [-0.15, -0.1) is 0 Å². The third kappa shape index (κ3) is 4.22. The van der Waals surface area contributed by atoms with Crippen LogP contribution in [-0.4, -0.2) is 18.0 Å². The Morgan fingerprint density at radius 3 is 2.25 bits per heavy atom. The number of hydrogen-bond donors (Lipinski definition) is 1. The van der Waals surface area contributed by atoms with E-state index in [1.54, 1.807) is 31.2 Å². The Labute approximate surface area is 142 Å². The van der Waals surface area contributed by atoms with Crippen LogP contribution < -0.4 is 5.32 Å². The van der Waals surface area contributed by atoms with Crippen LogP contribution in [0.2, 0.25) is 0 Å². The lowest BCUT2D eigenvalue weighted by Gasteiger charge is -2.19. The highest BCUT2D eigenvalue weighted by molar-refractivity contribution is 5.98. The number of carbonyl (C=O) groups excluding carboxylic acids is 2. The van der Waals surface area contributed by atoms with Crippen LogP contribution in [0.4, 0.5) is 5.69 Å². The number of rotatable bonds is 5. The van der Waals surface area contributed by atoms with Gasteiger partial charge in [-0.3, -0.25) is 4.79 Å². The minimum Gasteiger partial charge on any atom is -0.449 e. The number of ether oxygens (including phenoxy) is 1. The second-order valence-corrected chi connectivity index (χ2v) is 6.10. The average Bonchev–Trinajstić information content (AvgIpc) is 2.57. The third-order valence-corrected chi connectivity index (χ3v) is 3.84. The molecule has 0 unspecified atom stereocenters. The Balaban J connectivity index is 2.09. The van der Waals surface area contributed by atoms with Crippen molar-refractivity contribution in [1.82, 2.24) is 0 Å². The van der Waals surface area contributed by atoms with E-state index >= 15 is 0 Å². The minimum absolute atomic E-state index is 0.280. The average molecular weight is 325 g/mol. The van der Waals surface area contributed by atoms with Crippen LogP contribution in [0.1, 0.15) is 48.2 Å². The second kappa shape index (κ2) is 7.77. The highest BCUT2D eigenvalue weighted by atomic mass is 16.5. The zero-order valence-corrected chi connectivity index (χ0v) is 14.5. The Kier molecular flexibility index (Phi) is 5.74. The van der Waals surface area contributed by atoms with Gasteiger partial charge in [0.05, 0.1) is 5.56 Å². The molecular weight excluding hydrogens is 302 g/mol. The molecule has 0 aliphatic heterocycles. The second-order valence-electron chi connectivity index (χ2n) is 6.10. The summed E-state index contributed by atoms with van der Waals surface area (Å²) in [6.07, 6.45) is -0.877. The van der Waals surface area contributed by atoms with Gasteiger partial charge in [-0.05, 0) is 43.0 Å². The van der Waals surface area contributed by atoms with Crippen molar-refractivity contribution in [2.45, 2.75) is 39.7 Å². The van der Waals surface area contributed by atoms with Crippen molar-refractivity contribution >= 4 is 17.6 Å². The van der Waals surface area contributed by atoms with Gasteiger partial charge < -0.3 is 10.1 Å². The summed E-state index contributed by atoms with van der Waals surface area (Å²) >= 11 is 0. The van der Waals surface area contributed by atoms with Crippen LogP contribution in [-0.2, 0) is 9.53 Å². The lowest BCUT2D eigenvalue weighted by molar-refractivity contribution is -0.123. The molecule has 24 heavy (non-hydrogen) atoms. The first-order valence-electron chi connectivity index (χ1n) is 8.06. The number of nitrogens with one attached hydrogen (secondary N) is 1. The number of para-hydroxylation sites is 1. The Morgan fingerprint density at radius 1 is 0.958 bits per heavy atom. The summed E-state index contributed by atoms with van der Waals surface area (Å²) < 4.78 is 5.26. The summed E-state index contributed by atoms with van der Waals surface area (Å²) in [6, 6.07) is 14.6. The molecule has 0 saturated carbocycles. The van der Waals surface area contributed by atoms with Crippen LogP contribution in [0.5, 0.6) is 0 Å². The van der Waals surface area contributed by atoms with Crippen LogP contribution in [0.25, 0.3) is 0 Å². The molecule has 4 heteroatoms. The van der Waals surface area contributed by atoms with E-state index in [-0.39, 0.29) is 11.8 Å². The van der Waals surface area contributed by atoms with Gasteiger partial charge in [-0.1, -0.05) is 50.2 Å². The van der Waals surface area contributed by atoms with Crippen LogP contribution in [0.15, 0.2) is 48.5 Å². The smallest absolute Gasteiger partial charge is 0.338 e. The minimum atomic E-state index is -0.877. The molecule has 0 aliphatic carbocycles. The van der Waals surface area contributed by atoms with Crippen molar-refractivity contribution in [3.63, 3.8) is 0 Å². The fourth-order valence-electron chi connectivity index (χ4n) is 2.42. The van der Waals surface area contributed by atoms with E-state index in [9.17, 15) is 9.59 Å². The van der Waals surface area contributed by atoms with Gasteiger partial charge in [0.25, 0.3) is 5.91 Å². The Hall–Kier alpha value is -2.62. The molecule has 0 fully saturated rings. The molecule has 0 radical (unpaired) electrons. The molecule has 0 saturated heterocycles. The summed E-state index contributed by atoms with van der Waals surface area (Å²) in [6.45, 7) is 7.66. The highest BCUT2D eigenvalue weighted by Crippen LogP contribution is 2.27. The molecule has 1 N–H and O–H groups in total. The first kappa shape index (κ1) is 17.7. The standard InChI is InChI=1S/C20H23NO3/c1-13(2)17-12-8-9-14(3)18(17)21-19(22)15(4)24-20(23)16-10-6-5-7-11-16/h5-13,15H,1-4H3,(H,21,22)/t15-/m1/s1. The number of benzene rings is 2. The molecule has 0 aliphatic rings. The molecule has 126 valence electrons. The molecule has 1 amide bonds. The van der Waals surface area contributed by atoms with E-state index < -0.39 is 12.1 Å². The number of amides is 1. The molecule has 0 aromatic heterocycles. The van der Waals surface area contributed by atoms with Crippen molar-refractivity contribution in [3.8, 4) is 0 Å². The number of anilines is 1. The molecule has 2 aromatic rings. The number of hydrogen-bond acceptors (Lipinski definition) is 3. The van der Waals surface area contributed by atoms with Gasteiger partial charge in [0.2, 0.25) is 0 Å². The van der Waals surface area contributed by atoms with Crippen LogP contribution in [0.3, 0.4) is 0 Å². The molecule has 2 rings (SSSR count). The fraction of sp³-hybridized carbons (Fsp3) is 0.300. The van der Waals surface area contributed by atoms with Gasteiger partial charge in [0.1, 0.15) is 0 Å². The first-order chi connectivity index (χ1) is 11.4. The van der Waals surface area contributed by atoms with E-state index in [1.807, 2.05) is 31.2 Å². The normalized spacial score (nSPS) is 11.9. The largest absolute Gasteiger partial charge is 0.449 e. The monoisotopic (exact) mass is 325 g/mol. The number of aryl methyl sites for hydroxylation is 1.